The van der Waals surface area contributed by atoms with E-state index in [1.807, 2.05) is 5.32 Å². The van der Waals surface area contributed by atoms with Gasteiger partial charge in [0.1, 0.15) is 35.1 Å². The first-order chi connectivity index (χ1) is 29.6. The van der Waals surface area contributed by atoms with Crippen LogP contribution in [0.1, 0.15) is 88.3 Å². The number of hydrogen-bond donors (Lipinski definition) is 12. The zero-order valence-electron chi connectivity index (χ0n) is 32.9. The summed E-state index contributed by atoms with van der Waals surface area (Å²) in [4.78, 5) is 106. The van der Waals surface area contributed by atoms with Gasteiger partial charge in [-0.25, -0.2) is 24.0 Å². The van der Waals surface area contributed by atoms with Crippen molar-refractivity contribution in [1.82, 2.24) is 21.0 Å². The van der Waals surface area contributed by atoms with Gasteiger partial charge in [0.2, 0.25) is 11.8 Å². The topological polar surface area (TPSA) is 382 Å². The average molecular weight is 903 g/mol. The fraction of sp³-hybridized carbons (Fsp3) is 0.333. The van der Waals surface area contributed by atoms with Crippen molar-refractivity contribution in [3.63, 3.8) is 0 Å². The van der Waals surface area contributed by atoms with Crippen LogP contribution in [0.3, 0.4) is 0 Å². The number of amides is 3. The van der Waals surface area contributed by atoms with E-state index in [1.54, 1.807) is 17.2 Å². The number of phenolic OH excluding ortho intramolecular Hbond substituents is 2. The average Bonchev–Trinajstić information content (AvgIpc) is 3.20. The van der Waals surface area contributed by atoms with Crippen molar-refractivity contribution < 1.29 is 92.8 Å². The van der Waals surface area contributed by atoms with Crippen LogP contribution in [-0.2, 0) is 37.9 Å². The number of ether oxygens (including phenoxy) is 1. The fourth-order valence-corrected chi connectivity index (χ4v) is 7.38. The van der Waals surface area contributed by atoms with Crippen LogP contribution < -0.4 is 25.8 Å². The number of hydrogen-bond acceptors (Lipinski definition) is 13. The van der Waals surface area contributed by atoms with Crippen molar-refractivity contribution in [2.24, 2.45) is 0 Å². The summed E-state index contributed by atoms with van der Waals surface area (Å²) in [6.07, 6.45) is -1.39. The van der Waals surface area contributed by atoms with Crippen molar-refractivity contribution in [2.75, 3.05) is 13.2 Å². The largest absolute Gasteiger partial charge is 0.508 e. The van der Waals surface area contributed by atoms with Gasteiger partial charge in [-0.1, -0.05) is 24.6 Å². The third-order valence-corrected chi connectivity index (χ3v) is 10.5. The number of fused-ring (bicyclic) bond motifs is 2. The van der Waals surface area contributed by atoms with Crippen LogP contribution in [0.15, 0.2) is 54.6 Å². The Hall–Kier alpha value is -7.07. The number of carbonyl (C=O) groups excluding carboxylic acids is 3. The zero-order valence-corrected chi connectivity index (χ0v) is 33.8. The van der Waals surface area contributed by atoms with E-state index in [0.29, 0.717) is 29.5 Å². The minimum atomic E-state index is -5.10. The minimum Gasteiger partial charge on any atom is -0.508 e. The minimum absolute atomic E-state index is 0.0496. The highest BCUT2D eigenvalue weighted by atomic mass is 31.2. The number of aromatic hydroxyl groups is 2. The molecule has 1 aliphatic heterocycles. The quantitative estimate of drug-likeness (QED) is 0.0353. The second-order valence-corrected chi connectivity index (χ2v) is 15.6. The lowest BCUT2D eigenvalue weighted by atomic mass is 9.80. The normalized spacial score (nSPS) is 14.2. The van der Waals surface area contributed by atoms with Crippen LogP contribution >= 0.6 is 7.75 Å². The first-order valence-corrected chi connectivity index (χ1v) is 20.5. The first kappa shape index (κ1) is 48.6. The number of phenols is 2. The molecule has 4 atom stereocenters. The van der Waals surface area contributed by atoms with Gasteiger partial charge in [-0.3, -0.25) is 28.5 Å². The maximum absolute atomic E-state index is 13.0. The highest BCUT2D eigenvalue weighted by molar-refractivity contribution is 7.50. The summed E-state index contributed by atoms with van der Waals surface area (Å²) in [7, 11) is -5.10. The van der Waals surface area contributed by atoms with Crippen LogP contribution in [0.25, 0.3) is 0 Å². The smallest absolute Gasteiger partial charge is 0.403 e. The van der Waals surface area contributed by atoms with Gasteiger partial charge in [0, 0.05) is 54.1 Å². The van der Waals surface area contributed by atoms with Crippen LogP contribution in [0, 0.1) is 0 Å². The lowest BCUT2D eigenvalue weighted by Crippen LogP contribution is -2.46. The van der Waals surface area contributed by atoms with Gasteiger partial charge in [-0.2, -0.15) is 0 Å². The van der Waals surface area contributed by atoms with Crippen molar-refractivity contribution in [1.29, 1.82) is 0 Å². The lowest BCUT2D eigenvalue weighted by Gasteiger charge is -2.29. The van der Waals surface area contributed by atoms with E-state index in [4.69, 9.17) is 14.9 Å². The molecule has 4 rings (SSSR count). The van der Waals surface area contributed by atoms with Crippen molar-refractivity contribution >= 4 is 55.3 Å². The van der Waals surface area contributed by atoms with E-state index < -0.39 is 105 Å². The zero-order chi connectivity index (χ0) is 46.6. The Kier molecular flexibility index (Phi) is 16.7. The van der Waals surface area contributed by atoms with E-state index in [2.05, 4.69) is 15.2 Å². The van der Waals surface area contributed by atoms with Crippen molar-refractivity contribution in [3.05, 3.63) is 82.4 Å². The van der Waals surface area contributed by atoms with Crippen molar-refractivity contribution in [2.45, 2.75) is 69.0 Å². The molecule has 0 saturated heterocycles. The van der Waals surface area contributed by atoms with Gasteiger partial charge >= 0.3 is 37.6 Å². The molecule has 24 heteroatoms. The number of carbonyl (C=O) groups is 8. The number of carboxylic acids is 5. The molecule has 0 fully saturated rings. The molecule has 12 N–H and O–H groups in total. The van der Waals surface area contributed by atoms with E-state index in [0.717, 1.165) is 0 Å². The predicted molar refractivity (Wildman–Crippen MR) is 212 cm³/mol. The Balaban J connectivity index is 1.23. The molecule has 0 saturated carbocycles. The lowest BCUT2D eigenvalue weighted by molar-refractivity contribution is -0.145. The monoisotopic (exact) mass is 902 g/mol. The number of unbranched alkanes of at least 4 members (excludes halogenated alkanes) is 2. The van der Waals surface area contributed by atoms with E-state index >= 15 is 0 Å². The van der Waals surface area contributed by atoms with Gasteiger partial charge < -0.3 is 61.3 Å². The summed E-state index contributed by atoms with van der Waals surface area (Å²) < 4.78 is 22.6. The molecule has 0 radical (unpaired) electrons. The molecule has 0 aliphatic carbocycles. The molecule has 338 valence electrons. The standard InChI is InChI=1S/C39H43N4O19P/c44-20-6-9-23-29(15-20)62-30-16-21(45)7-10-24(30)34(23)22-8-5-19(14-25(22)36(51)52)35(50)40-13-3-1-2-4-31(46)41-26(37(53)54)11-12-32(47)42-28(39(57)58)18-61-63(59,60)43-27(38(55)56)17-33(48)49/h5-10,14-16,26-28,34,44-45H,1-4,11-13,17-18H2,(H,40,50)(H,41,46)(H,42,47)(H,48,49)(H,51,52)(H,53,54)(H,55,56)(H,57,58)(H2,43,59,60)/t26-,27?,28-/m0/s1. The SMILES string of the molecule is O=C(O)CC(NP(=O)(O)OC[C@H](NC(=O)CC[C@H](NC(=O)CCCCCNC(=O)c1ccc(C2c3ccc(O)cc3Oc3cc(O)ccc32)c(C(=O)O)c1)C(=O)O)C(=O)O)C(=O)O. The Bertz CT molecular complexity index is 2270. The number of benzene rings is 3. The third-order valence-electron chi connectivity index (χ3n) is 9.40. The molecule has 1 heterocycles. The fourth-order valence-electron chi connectivity index (χ4n) is 6.36. The molecule has 0 spiro atoms. The number of rotatable bonds is 24. The maximum Gasteiger partial charge on any atom is 0.403 e. The summed E-state index contributed by atoms with van der Waals surface area (Å²) >= 11 is 0. The van der Waals surface area contributed by atoms with E-state index in [-0.39, 0.29) is 53.5 Å². The summed E-state index contributed by atoms with van der Waals surface area (Å²) in [5.74, 6) is -10.7. The second kappa shape index (κ2) is 21.6. The van der Waals surface area contributed by atoms with Crippen LogP contribution in [0.2, 0.25) is 0 Å². The molecular weight excluding hydrogens is 859 g/mol. The summed E-state index contributed by atoms with van der Waals surface area (Å²) in [6, 6.07) is 7.33. The first-order valence-electron chi connectivity index (χ1n) is 18.9. The maximum atomic E-state index is 13.0. The summed E-state index contributed by atoms with van der Waals surface area (Å²) in [5, 5.41) is 75.4. The molecule has 0 aromatic heterocycles. The van der Waals surface area contributed by atoms with Gasteiger partial charge in [-0.15, -0.1) is 0 Å². The Labute approximate surface area is 356 Å². The summed E-state index contributed by atoms with van der Waals surface area (Å²) in [5.41, 5.74) is 1.29. The van der Waals surface area contributed by atoms with Crippen molar-refractivity contribution in [3.8, 4) is 23.0 Å². The third kappa shape index (κ3) is 14.0. The van der Waals surface area contributed by atoms with Gasteiger partial charge in [-0.05, 0) is 49.1 Å². The second-order valence-electron chi connectivity index (χ2n) is 14.0. The van der Waals surface area contributed by atoms with Crippen LogP contribution in [-0.4, -0.2) is 119 Å². The Morgan fingerprint density at radius 3 is 1.79 bits per heavy atom. The van der Waals surface area contributed by atoms with Crippen LogP contribution in [0.5, 0.6) is 23.0 Å². The number of aromatic carboxylic acids is 1. The highest BCUT2D eigenvalue weighted by Crippen LogP contribution is 2.49. The summed E-state index contributed by atoms with van der Waals surface area (Å²) in [6.45, 7) is -1.06. The van der Waals surface area contributed by atoms with E-state index in [1.165, 1.54) is 42.5 Å². The number of aliphatic carboxylic acids is 4. The molecule has 3 aromatic rings. The molecule has 0 bridgehead atoms. The van der Waals surface area contributed by atoms with Crippen LogP contribution in [0.4, 0.5) is 0 Å². The highest BCUT2D eigenvalue weighted by Gasteiger charge is 2.34. The van der Waals surface area contributed by atoms with E-state index in [9.17, 15) is 73.3 Å². The molecule has 2 unspecified atom stereocenters. The molecule has 3 amide bonds. The molecule has 1 aliphatic rings. The van der Waals surface area contributed by atoms with Gasteiger partial charge in [0.05, 0.1) is 18.6 Å². The molecule has 63 heavy (non-hydrogen) atoms. The molecular formula is C39H43N4O19P. The predicted octanol–water partition coefficient (Wildman–Crippen LogP) is 1.93. The Morgan fingerprint density at radius 2 is 1.24 bits per heavy atom. The molecule has 3 aromatic carbocycles. The number of carboxylic acid groups (broad SMARTS) is 5. The van der Waals surface area contributed by atoms with Gasteiger partial charge in [0.25, 0.3) is 5.91 Å². The number of nitrogens with one attached hydrogen (secondary N) is 4. The van der Waals surface area contributed by atoms with Gasteiger partial charge in [0.15, 0.2) is 6.04 Å². The Morgan fingerprint density at radius 1 is 0.683 bits per heavy atom. The molecule has 23 nitrogen and oxygen atoms in total.